The molecular weight excluding hydrogens is 239 g/mol. The van der Waals surface area contributed by atoms with Crippen molar-refractivity contribution < 1.29 is 13.6 Å². The fourth-order valence-corrected chi connectivity index (χ4v) is 2.65. The molecule has 0 saturated carbocycles. The molecular formula is C11H19N2O3P. The van der Waals surface area contributed by atoms with Crippen LogP contribution >= 0.6 is 7.60 Å². The lowest BCUT2D eigenvalue weighted by Crippen LogP contribution is -2.18. The molecule has 1 aromatic rings. The first-order valence-electron chi connectivity index (χ1n) is 5.75. The Morgan fingerprint density at radius 1 is 1.18 bits per heavy atom. The molecule has 0 atom stereocenters. The molecule has 6 heteroatoms. The van der Waals surface area contributed by atoms with Crippen LogP contribution in [0.5, 0.6) is 0 Å². The monoisotopic (exact) mass is 258 g/mol. The van der Waals surface area contributed by atoms with Gasteiger partial charge in [-0.3, -0.25) is 4.57 Å². The standard InChI is InChI=1S/C11H19N2O3P/c1-5-15-17(14,16-6-2)11-12-7-10(8-13-11)9(3)4/h7-9H,5-6H2,1-4H3. The third kappa shape index (κ3) is 3.60. The molecule has 0 aliphatic rings. The smallest absolute Gasteiger partial charge is 0.303 e. The topological polar surface area (TPSA) is 61.3 Å². The normalized spacial score (nSPS) is 12.1. The molecule has 0 saturated heterocycles. The Morgan fingerprint density at radius 3 is 2.00 bits per heavy atom. The van der Waals surface area contributed by atoms with Crippen LogP contribution in [0.15, 0.2) is 12.4 Å². The van der Waals surface area contributed by atoms with Crippen LogP contribution in [0.3, 0.4) is 0 Å². The molecule has 0 aliphatic carbocycles. The predicted octanol–water partition coefficient (Wildman–Crippen LogP) is 2.49. The molecule has 1 rings (SSSR count). The van der Waals surface area contributed by atoms with Crippen LogP contribution in [0.1, 0.15) is 39.2 Å². The number of rotatable bonds is 6. The van der Waals surface area contributed by atoms with Gasteiger partial charge < -0.3 is 9.05 Å². The van der Waals surface area contributed by atoms with Gasteiger partial charge in [-0.1, -0.05) is 13.8 Å². The number of hydrogen-bond acceptors (Lipinski definition) is 5. The van der Waals surface area contributed by atoms with E-state index in [0.29, 0.717) is 19.1 Å². The van der Waals surface area contributed by atoms with Crippen molar-refractivity contribution >= 4 is 13.2 Å². The molecule has 1 aromatic heterocycles. The Balaban J connectivity index is 2.99. The second-order valence-corrected chi connectivity index (χ2v) is 5.72. The molecule has 0 spiro atoms. The van der Waals surface area contributed by atoms with Crippen molar-refractivity contribution in [2.75, 3.05) is 13.2 Å². The van der Waals surface area contributed by atoms with Crippen LogP contribution in [0.4, 0.5) is 0 Å². The minimum absolute atomic E-state index is 0.130. The second kappa shape index (κ2) is 6.24. The SMILES string of the molecule is CCOP(=O)(OCC)c1ncc(C(C)C)cn1. The van der Waals surface area contributed by atoms with E-state index in [1.165, 1.54) is 0 Å². The number of nitrogens with zero attached hydrogens (tertiary/aromatic N) is 2. The maximum atomic E-state index is 12.3. The summed E-state index contributed by atoms with van der Waals surface area (Å²) >= 11 is 0. The quantitative estimate of drug-likeness (QED) is 0.733. The van der Waals surface area contributed by atoms with Gasteiger partial charge in [0.05, 0.1) is 13.2 Å². The zero-order valence-corrected chi connectivity index (χ0v) is 11.6. The molecule has 96 valence electrons. The average molecular weight is 258 g/mol. The van der Waals surface area contributed by atoms with E-state index in [2.05, 4.69) is 9.97 Å². The van der Waals surface area contributed by atoms with Gasteiger partial charge in [0, 0.05) is 12.4 Å². The van der Waals surface area contributed by atoms with Crippen LogP contribution in [0, 0.1) is 0 Å². The van der Waals surface area contributed by atoms with Gasteiger partial charge in [-0.25, -0.2) is 9.97 Å². The van der Waals surface area contributed by atoms with E-state index < -0.39 is 7.60 Å². The van der Waals surface area contributed by atoms with Gasteiger partial charge in [0.15, 0.2) is 0 Å². The lowest BCUT2D eigenvalue weighted by Gasteiger charge is -2.15. The molecule has 0 amide bonds. The van der Waals surface area contributed by atoms with Gasteiger partial charge in [0.25, 0.3) is 0 Å². The minimum Gasteiger partial charge on any atom is -0.303 e. The van der Waals surface area contributed by atoms with Gasteiger partial charge >= 0.3 is 7.60 Å². The van der Waals surface area contributed by atoms with Crippen LogP contribution in [0.2, 0.25) is 0 Å². The molecule has 0 bridgehead atoms. The summed E-state index contributed by atoms with van der Waals surface area (Å²) in [5.74, 6) is 0.336. The summed E-state index contributed by atoms with van der Waals surface area (Å²) in [5, 5.41) is 0. The van der Waals surface area contributed by atoms with Gasteiger partial charge in [0.1, 0.15) is 0 Å². The Morgan fingerprint density at radius 2 is 1.65 bits per heavy atom. The maximum absolute atomic E-state index is 12.3. The highest BCUT2D eigenvalue weighted by atomic mass is 31.2. The van der Waals surface area contributed by atoms with E-state index in [1.54, 1.807) is 26.2 Å². The van der Waals surface area contributed by atoms with Crippen molar-refractivity contribution in [1.29, 1.82) is 0 Å². The van der Waals surface area contributed by atoms with Crippen LogP contribution < -0.4 is 5.57 Å². The van der Waals surface area contributed by atoms with Crippen molar-refractivity contribution in [3.05, 3.63) is 18.0 Å². The summed E-state index contributed by atoms with van der Waals surface area (Å²) in [7, 11) is -3.34. The summed E-state index contributed by atoms with van der Waals surface area (Å²) in [6.07, 6.45) is 3.33. The third-order valence-corrected chi connectivity index (χ3v) is 4.08. The van der Waals surface area contributed by atoms with E-state index in [4.69, 9.17) is 9.05 Å². The summed E-state index contributed by atoms with van der Waals surface area (Å²) in [6, 6.07) is 0. The Labute approximate surface area is 102 Å². The molecule has 0 radical (unpaired) electrons. The van der Waals surface area contributed by atoms with Crippen molar-refractivity contribution in [1.82, 2.24) is 9.97 Å². The largest absolute Gasteiger partial charge is 0.398 e. The van der Waals surface area contributed by atoms with Gasteiger partial charge in [-0.15, -0.1) is 0 Å². The lowest BCUT2D eigenvalue weighted by atomic mass is 10.1. The first-order chi connectivity index (χ1) is 8.03. The molecule has 0 unspecified atom stereocenters. The first kappa shape index (κ1) is 14.3. The molecule has 0 N–H and O–H groups in total. The highest BCUT2D eigenvalue weighted by molar-refractivity contribution is 7.61. The van der Waals surface area contributed by atoms with E-state index in [-0.39, 0.29) is 5.57 Å². The molecule has 0 aliphatic heterocycles. The van der Waals surface area contributed by atoms with Gasteiger partial charge in [-0.2, -0.15) is 0 Å². The zero-order valence-electron chi connectivity index (χ0n) is 10.7. The number of aromatic nitrogens is 2. The summed E-state index contributed by atoms with van der Waals surface area (Å²) in [4.78, 5) is 8.17. The summed E-state index contributed by atoms with van der Waals surface area (Å²) in [6.45, 7) is 8.20. The Kier molecular flexibility index (Phi) is 5.25. The summed E-state index contributed by atoms with van der Waals surface area (Å²) < 4.78 is 22.7. The third-order valence-electron chi connectivity index (χ3n) is 2.17. The van der Waals surface area contributed by atoms with Crippen LogP contribution in [-0.4, -0.2) is 23.2 Å². The van der Waals surface area contributed by atoms with Crippen LogP contribution in [-0.2, 0) is 13.6 Å². The minimum atomic E-state index is -3.34. The molecule has 5 nitrogen and oxygen atoms in total. The maximum Gasteiger partial charge on any atom is 0.398 e. The first-order valence-corrected chi connectivity index (χ1v) is 7.29. The lowest BCUT2D eigenvalue weighted by molar-refractivity contribution is 0.228. The van der Waals surface area contributed by atoms with E-state index in [0.717, 1.165) is 5.56 Å². The van der Waals surface area contributed by atoms with Gasteiger partial charge in [0.2, 0.25) is 5.57 Å². The van der Waals surface area contributed by atoms with E-state index in [1.807, 2.05) is 13.8 Å². The Hall–Kier alpha value is -0.770. The highest BCUT2D eigenvalue weighted by Gasteiger charge is 2.30. The van der Waals surface area contributed by atoms with E-state index >= 15 is 0 Å². The average Bonchev–Trinajstić information content (AvgIpc) is 2.30. The predicted molar refractivity (Wildman–Crippen MR) is 66.6 cm³/mol. The molecule has 1 heterocycles. The zero-order chi connectivity index (χ0) is 12.9. The van der Waals surface area contributed by atoms with Crippen molar-refractivity contribution in [3.63, 3.8) is 0 Å². The molecule has 0 fully saturated rings. The summed E-state index contributed by atoms with van der Waals surface area (Å²) in [5.41, 5.74) is 1.12. The number of hydrogen-bond donors (Lipinski definition) is 0. The fourth-order valence-electron chi connectivity index (χ4n) is 1.26. The molecule has 17 heavy (non-hydrogen) atoms. The second-order valence-electron chi connectivity index (χ2n) is 3.80. The Bertz CT molecular complexity index is 382. The highest BCUT2D eigenvalue weighted by Crippen LogP contribution is 2.45. The van der Waals surface area contributed by atoms with Crippen molar-refractivity contribution in [3.8, 4) is 0 Å². The van der Waals surface area contributed by atoms with Crippen molar-refractivity contribution in [2.45, 2.75) is 33.6 Å². The van der Waals surface area contributed by atoms with Crippen molar-refractivity contribution in [2.24, 2.45) is 0 Å². The fraction of sp³-hybridized carbons (Fsp3) is 0.636. The molecule has 0 aromatic carbocycles. The van der Waals surface area contributed by atoms with Crippen LogP contribution in [0.25, 0.3) is 0 Å². The van der Waals surface area contributed by atoms with E-state index in [9.17, 15) is 4.57 Å². The van der Waals surface area contributed by atoms with Gasteiger partial charge in [-0.05, 0) is 25.3 Å².